The molecule has 2 heteroatoms. The molecular weight excluding hydrogens is 220 g/mol. The van der Waals surface area contributed by atoms with Gasteiger partial charge in [0.15, 0.2) is 0 Å². The molecule has 1 aromatic rings. The predicted octanol–water partition coefficient (Wildman–Crippen LogP) is 3.99. The van der Waals surface area contributed by atoms with E-state index >= 15 is 0 Å². The Balaban J connectivity index is 2.52. The van der Waals surface area contributed by atoms with Crippen molar-refractivity contribution in [3.8, 4) is 0 Å². The minimum absolute atomic E-state index is 0.319. The van der Waals surface area contributed by atoms with Gasteiger partial charge >= 0.3 is 0 Å². The molecule has 0 radical (unpaired) electrons. The highest BCUT2D eigenvalue weighted by molar-refractivity contribution is 5.44. The third-order valence-corrected chi connectivity index (χ3v) is 3.08. The molecule has 2 nitrogen and oxygen atoms in total. The summed E-state index contributed by atoms with van der Waals surface area (Å²) < 4.78 is 0. The summed E-state index contributed by atoms with van der Waals surface area (Å²) in [7, 11) is 0. The second kappa shape index (κ2) is 6.79. The lowest BCUT2D eigenvalue weighted by molar-refractivity contribution is 0.296. The zero-order valence-corrected chi connectivity index (χ0v) is 12.6. The second-order valence-electron chi connectivity index (χ2n) is 6.07. The zero-order chi connectivity index (χ0) is 13.6. The standard InChI is InChI=1S/C16H28N2/c1-6-18(7-2)12-14-8-10-15(11-9-14)17-13-16(3,4)5/h8-11,17H,6-7,12-13H2,1-5H3. The molecule has 18 heavy (non-hydrogen) atoms. The van der Waals surface area contributed by atoms with E-state index in [1.807, 2.05) is 0 Å². The van der Waals surface area contributed by atoms with Crippen LogP contribution in [-0.4, -0.2) is 24.5 Å². The molecule has 0 heterocycles. The van der Waals surface area contributed by atoms with E-state index in [1.165, 1.54) is 11.3 Å². The first kappa shape index (κ1) is 15.0. The fourth-order valence-corrected chi connectivity index (χ4v) is 1.80. The van der Waals surface area contributed by atoms with Crippen LogP contribution in [0.1, 0.15) is 40.2 Å². The molecule has 0 bridgehead atoms. The van der Waals surface area contributed by atoms with Crippen LogP contribution < -0.4 is 5.32 Å². The maximum Gasteiger partial charge on any atom is 0.0340 e. The molecule has 0 aliphatic rings. The van der Waals surface area contributed by atoms with Gasteiger partial charge in [-0.05, 0) is 36.2 Å². The summed E-state index contributed by atoms with van der Waals surface area (Å²) in [5, 5.41) is 3.48. The number of hydrogen-bond donors (Lipinski definition) is 1. The van der Waals surface area contributed by atoms with E-state index in [4.69, 9.17) is 0 Å². The lowest BCUT2D eigenvalue weighted by atomic mass is 9.97. The number of nitrogens with zero attached hydrogens (tertiary/aromatic N) is 1. The summed E-state index contributed by atoms with van der Waals surface area (Å²) in [5.74, 6) is 0. The lowest BCUT2D eigenvalue weighted by Gasteiger charge is -2.20. The van der Waals surface area contributed by atoms with E-state index < -0.39 is 0 Å². The molecule has 0 aliphatic carbocycles. The van der Waals surface area contributed by atoms with Crippen molar-refractivity contribution < 1.29 is 0 Å². The molecule has 1 N–H and O–H groups in total. The highest BCUT2D eigenvalue weighted by Crippen LogP contribution is 2.16. The van der Waals surface area contributed by atoms with Crippen molar-refractivity contribution in [3.63, 3.8) is 0 Å². The van der Waals surface area contributed by atoms with Crippen molar-refractivity contribution in [2.75, 3.05) is 25.0 Å². The van der Waals surface area contributed by atoms with Crippen molar-refractivity contribution in [1.82, 2.24) is 4.90 Å². The minimum Gasteiger partial charge on any atom is -0.385 e. The van der Waals surface area contributed by atoms with Gasteiger partial charge in [-0.25, -0.2) is 0 Å². The summed E-state index contributed by atoms with van der Waals surface area (Å²) in [6, 6.07) is 8.82. The van der Waals surface area contributed by atoms with E-state index in [9.17, 15) is 0 Å². The molecule has 0 unspecified atom stereocenters. The Bertz CT molecular complexity index is 331. The van der Waals surface area contributed by atoms with Crippen LogP contribution in [-0.2, 0) is 6.54 Å². The largest absolute Gasteiger partial charge is 0.385 e. The topological polar surface area (TPSA) is 15.3 Å². The molecule has 0 saturated heterocycles. The Kier molecular flexibility index (Phi) is 5.67. The van der Waals surface area contributed by atoms with Gasteiger partial charge in [0.1, 0.15) is 0 Å². The summed E-state index contributed by atoms with van der Waals surface area (Å²) >= 11 is 0. The van der Waals surface area contributed by atoms with Crippen LogP contribution in [0.15, 0.2) is 24.3 Å². The van der Waals surface area contributed by atoms with Crippen LogP contribution in [0.25, 0.3) is 0 Å². The SMILES string of the molecule is CCN(CC)Cc1ccc(NCC(C)(C)C)cc1. The molecule has 0 spiro atoms. The van der Waals surface area contributed by atoms with Gasteiger partial charge in [-0.1, -0.05) is 46.8 Å². The third-order valence-electron chi connectivity index (χ3n) is 3.08. The lowest BCUT2D eigenvalue weighted by Crippen LogP contribution is -2.22. The van der Waals surface area contributed by atoms with Crippen LogP contribution in [0.5, 0.6) is 0 Å². The summed E-state index contributed by atoms with van der Waals surface area (Å²) in [4.78, 5) is 2.43. The molecule has 0 amide bonds. The van der Waals surface area contributed by atoms with Gasteiger partial charge in [0.25, 0.3) is 0 Å². The normalized spacial score (nSPS) is 11.9. The molecule has 0 atom stereocenters. The van der Waals surface area contributed by atoms with Crippen molar-refractivity contribution in [2.24, 2.45) is 5.41 Å². The summed E-state index contributed by atoms with van der Waals surface area (Å²) in [6.45, 7) is 15.4. The first-order valence-corrected chi connectivity index (χ1v) is 6.99. The molecule has 1 rings (SSSR count). The van der Waals surface area contributed by atoms with Gasteiger partial charge in [-0.3, -0.25) is 4.90 Å². The maximum atomic E-state index is 3.48. The van der Waals surface area contributed by atoms with E-state index in [0.717, 1.165) is 26.2 Å². The van der Waals surface area contributed by atoms with Crippen LogP contribution in [0.4, 0.5) is 5.69 Å². The average molecular weight is 248 g/mol. The van der Waals surface area contributed by atoms with Gasteiger partial charge in [0.2, 0.25) is 0 Å². The van der Waals surface area contributed by atoms with Crippen LogP contribution in [0.3, 0.4) is 0 Å². The molecule has 1 aromatic carbocycles. The quantitative estimate of drug-likeness (QED) is 0.819. The maximum absolute atomic E-state index is 3.48. The molecular formula is C16H28N2. The molecule has 0 aliphatic heterocycles. The Morgan fingerprint density at radius 3 is 2.00 bits per heavy atom. The van der Waals surface area contributed by atoms with Crippen molar-refractivity contribution in [3.05, 3.63) is 29.8 Å². The van der Waals surface area contributed by atoms with Crippen LogP contribution in [0.2, 0.25) is 0 Å². The molecule has 102 valence electrons. The first-order chi connectivity index (χ1) is 8.44. The highest BCUT2D eigenvalue weighted by atomic mass is 15.1. The molecule has 0 aromatic heterocycles. The smallest absolute Gasteiger partial charge is 0.0340 e. The fourth-order valence-electron chi connectivity index (χ4n) is 1.80. The highest BCUT2D eigenvalue weighted by Gasteiger charge is 2.09. The third kappa shape index (κ3) is 5.54. The predicted molar refractivity (Wildman–Crippen MR) is 81.0 cm³/mol. The van der Waals surface area contributed by atoms with Gasteiger partial charge in [0, 0.05) is 18.8 Å². The summed E-state index contributed by atoms with van der Waals surface area (Å²) in [6.07, 6.45) is 0. The zero-order valence-electron chi connectivity index (χ0n) is 12.6. The number of hydrogen-bond acceptors (Lipinski definition) is 2. The monoisotopic (exact) mass is 248 g/mol. The Hall–Kier alpha value is -1.02. The fraction of sp³-hybridized carbons (Fsp3) is 0.625. The average Bonchev–Trinajstić information content (AvgIpc) is 2.34. The minimum atomic E-state index is 0.319. The summed E-state index contributed by atoms with van der Waals surface area (Å²) in [5.41, 5.74) is 2.92. The Morgan fingerprint density at radius 1 is 1.00 bits per heavy atom. The van der Waals surface area contributed by atoms with E-state index in [2.05, 4.69) is 69.1 Å². The number of benzene rings is 1. The van der Waals surface area contributed by atoms with E-state index in [-0.39, 0.29) is 0 Å². The van der Waals surface area contributed by atoms with Gasteiger partial charge in [-0.2, -0.15) is 0 Å². The van der Waals surface area contributed by atoms with Crippen LogP contribution in [0, 0.1) is 5.41 Å². The number of anilines is 1. The second-order valence-corrected chi connectivity index (χ2v) is 6.07. The van der Waals surface area contributed by atoms with Gasteiger partial charge in [-0.15, -0.1) is 0 Å². The van der Waals surface area contributed by atoms with Gasteiger partial charge < -0.3 is 5.32 Å². The van der Waals surface area contributed by atoms with E-state index in [1.54, 1.807) is 0 Å². The van der Waals surface area contributed by atoms with E-state index in [0.29, 0.717) is 5.41 Å². The Labute approximate surface area is 112 Å². The van der Waals surface area contributed by atoms with Crippen molar-refractivity contribution >= 4 is 5.69 Å². The number of rotatable bonds is 6. The molecule has 0 fully saturated rings. The van der Waals surface area contributed by atoms with Gasteiger partial charge in [0.05, 0.1) is 0 Å². The molecule has 0 saturated carbocycles. The van der Waals surface area contributed by atoms with Crippen LogP contribution >= 0.6 is 0 Å². The first-order valence-electron chi connectivity index (χ1n) is 6.99. The van der Waals surface area contributed by atoms with Crippen molar-refractivity contribution in [2.45, 2.75) is 41.2 Å². The Morgan fingerprint density at radius 2 is 1.56 bits per heavy atom. The van der Waals surface area contributed by atoms with Crippen molar-refractivity contribution in [1.29, 1.82) is 0 Å². The number of nitrogens with one attached hydrogen (secondary N) is 1.